The topological polar surface area (TPSA) is 72.0 Å². The van der Waals surface area contributed by atoms with Gasteiger partial charge in [-0.3, -0.25) is 4.84 Å². The van der Waals surface area contributed by atoms with Gasteiger partial charge in [0.25, 0.3) is 0 Å². The van der Waals surface area contributed by atoms with E-state index in [1.807, 2.05) is 0 Å². The fourth-order valence-electron chi connectivity index (χ4n) is 0.568. The molecule has 0 aromatic heterocycles. The van der Waals surface area contributed by atoms with E-state index in [2.05, 4.69) is 35.1 Å². The Labute approximate surface area is 77.3 Å². The molecule has 70 valence electrons. The summed E-state index contributed by atoms with van der Waals surface area (Å²) in [5.74, 6) is 0. The van der Waals surface area contributed by atoms with Crippen molar-refractivity contribution in [3.63, 3.8) is 0 Å². The molecular formula is C6H14N4OS. The molecule has 6 heteroatoms. The molecule has 0 spiro atoms. The molecule has 0 aliphatic carbocycles. The molecule has 0 aliphatic rings. The van der Waals surface area contributed by atoms with Crippen LogP contribution in [-0.4, -0.2) is 11.7 Å². The van der Waals surface area contributed by atoms with Gasteiger partial charge in [-0.2, -0.15) is 5.59 Å². The Balaban J connectivity index is 3.05. The largest absolute Gasteiger partial charge is 0.373 e. The quantitative estimate of drug-likeness (QED) is 0.287. The van der Waals surface area contributed by atoms with Crippen molar-refractivity contribution >= 4 is 17.3 Å². The number of unbranched alkanes of at least 4 members (excludes halogenated alkanes) is 2. The molecule has 0 radical (unpaired) electrons. The van der Waals surface area contributed by atoms with Gasteiger partial charge in [0.2, 0.25) is 5.11 Å². The highest BCUT2D eigenvalue weighted by Crippen LogP contribution is 1.92. The zero-order valence-electron chi connectivity index (χ0n) is 7.12. The van der Waals surface area contributed by atoms with E-state index in [0.717, 1.165) is 19.3 Å². The summed E-state index contributed by atoms with van der Waals surface area (Å²) in [6, 6.07) is 0. The number of hydrogen-bond donors (Lipinski definition) is 2. The second kappa shape index (κ2) is 8.35. The number of nitrogens with two attached hydrogens (primary N) is 1. The summed E-state index contributed by atoms with van der Waals surface area (Å²) in [6.07, 6.45) is 3.32. The molecule has 12 heavy (non-hydrogen) atoms. The third-order valence-corrected chi connectivity index (χ3v) is 1.19. The Morgan fingerprint density at radius 3 is 2.92 bits per heavy atom. The molecule has 0 bridgehead atoms. The fraction of sp³-hybridized carbons (Fsp3) is 0.833. The first kappa shape index (κ1) is 11.2. The van der Waals surface area contributed by atoms with Gasteiger partial charge >= 0.3 is 0 Å². The van der Waals surface area contributed by atoms with Gasteiger partial charge in [-0.15, -0.1) is 5.11 Å². The lowest BCUT2D eigenvalue weighted by molar-refractivity contribution is 0.0359. The number of nitrogens with one attached hydrogen (secondary N) is 1. The van der Waals surface area contributed by atoms with Crippen LogP contribution in [0.25, 0.3) is 0 Å². The second-order valence-electron chi connectivity index (χ2n) is 2.19. The van der Waals surface area contributed by atoms with Crippen LogP contribution in [0.2, 0.25) is 0 Å². The Bertz CT molecular complexity index is 150. The second-order valence-corrected chi connectivity index (χ2v) is 2.60. The van der Waals surface area contributed by atoms with Crippen LogP contribution < -0.4 is 11.3 Å². The first-order chi connectivity index (χ1) is 5.77. The van der Waals surface area contributed by atoms with Crippen molar-refractivity contribution in [2.24, 2.45) is 16.1 Å². The summed E-state index contributed by atoms with van der Waals surface area (Å²) >= 11 is 4.44. The Kier molecular flexibility index (Phi) is 7.83. The molecule has 0 saturated carbocycles. The van der Waals surface area contributed by atoms with Gasteiger partial charge < -0.3 is 5.73 Å². The highest BCUT2D eigenvalue weighted by Gasteiger charge is 1.85. The van der Waals surface area contributed by atoms with Crippen molar-refractivity contribution in [1.82, 2.24) is 5.59 Å². The highest BCUT2D eigenvalue weighted by molar-refractivity contribution is 7.80. The van der Waals surface area contributed by atoms with E-state index < -0.39 is 0 Å². The minimum Gasteiger partial charge on any atom is -0.373 e. The van der Waals surface area contributed by atoms with Crippen LogP contribution in [0.3, 0.4) is 0 Å². The van der Waals surface area contributed by atoms with Gasteiger partial charge in [0.05, 0.1) is 6.61 Å². The lowest BCUT2D eigenvalue weighted by Crippen LogP contribution is -2.10. The van der Waals surface area contributed by atoms with E-state index in [1.54, 1.807) is 0 Å². The smallest absolute Gasteiger partial charge is 0.213 e. The number of hydrogen-bond acceptors (Lipinski definition) is 3. The van der Waals surface area contributed by atoms with Crippen molar-refractivity contribution in [3.8, 4) is 0 Å². The molecule has 0 fully saturated rings. The van der Waals surface area contributed by atoms with Crippen LogP contribution in [0.1, 0.15) is 26.2 Å². The maximum Gasteiger partial charge on any atom is 0.213 e. The normalized spacial score (nSPS) is 10.4. The van der Waals surface area contributed by atoms with E-state index in [-0.39, 0.29) is 5.11 Å². The van der Waals surface area contributed by atoms with Crippen molar-refractivity contribution in [3.05, 3.63) is 0 Å². The maximum atomic E-state index is 5.03. The average molecular weight is 190 g/mol. The maximum absolute atomic E-state index is 5.03. The average Bonchev–Trinajstić information content (AvgIpc) is 2.02. The van der Waals surface area contributed by atoms with Crippen molar-refractivity contribution in [2.45, 2.75) is 26.2 Å². The van der Waals surface area contributed by atoms with Gasteiger partial charge in [0.15, 0.2) is 0 Å². The molecule has 0 rings (SSSR count). The van der Waals surface area contributed by atoms with Gasteiger partial charge in [0.1, 0.15) is 0 Å². The number of thiocarbonyl (C=S) groups is 1. The van der Waals surface area contributed by atoms with Crippen molar-refractivity contribution in [1.29, 1.82) is 0 Å². The first-order valence-corrected chi connectivity index (χ1v) is 4.25. The van der Waals surface area contributed by atoms with Crippen LogP contribution in [0.4, 0.5) is 0 Å². The summed E-state index contributed by atoms with van der Waals surface area (Å²) in [6.45, 7) is 2.74. The van der Waals surface area contributed by atoms with E-state index in [9.17, 15) is 0 Å². The van der Waals surface area contributed by atoms with Gasteiger partial charge in [0, 0.05) is 0 Å². The van der Waals surface area contributed by atoms with Crippen LogP contribution in [0, 0.1) is 0 Å². The Morgan fingerprint density at radius 1 is 1.58 bits per heavy atom. The molecule has 0 aromatic carbocycles. The molecule has 5 nitrogen and oxygen atoms in total. The summed E-state index contributed by atoms with van der Waals surface area (Å²) in [4.78, 5) is 4.86. The van der Waals surface area contributed by atoms with Crippen molar-refractivity contribution < 1.29 is 4.84 Å². The standard InChI is InChI=1S/C6H14N4OS/c1-2-3-4-5-11-10-9-8-6(7)12/h2-5H2,1H3,(H3,7,8,10,12). The summed E-state index contributed by atoms with van der Waals surface area (Å²) in [5.41, 5.74) is 7.30. The SMILES string of the molecule is CCCCCONN=NC(N)=S. The van der Waals surface area contributed by atoms with E-state index >= 15 is 0 Å². The Hall–Kier alpha value is -0.750. The predicted molar refractivity (Wildman–Crippen MR) is 50.3 cm³/mol. The number of nitrogens with zero attached hydrogens (tertiary/aromatic N) is 2. The van der Waals surface area contributed by atoms with E-state index in [1.165, 1.54) is 0 Å². The van der Waals surface area contributed by atoms with Crippen LogP contribution in [0.5, 0.6) is 0 Å². The van der Waals surface area contributed by atoms with Crippen LogP contribution in [0.15, 0.2) is 10.3 Å². The molecule has 0 aliphatic heterocycles. The lowest BCUT2D eigenvalue weighted by Gasteiger charge is -1.98. The minimum absolute atomic E-state index is 0.0142. The number of rotatable bonds is 6. The van der Waals surface area contributed by atoms with Crippen LogP contribution >= 0.6 is 12.2 Å². The van der Waals surface area contributed by atoms with Gasteiger partial charge in [-0.25, -0.2) is 0 Å². The van der Waals surface area contributed by atoms with Gasteiger partial charge in [-0.1, -0.05) is 19.8 Å². The molecular weight excluding hydrogens is 176 g/mol. The molecule has 0 amide bonds. The highest BCUT2D eigenvalue weighted by atomic mass is 32.1. The predicted octanol–water partition coefficient (Wildman–Crippen LogP) is 1.31. The molecule has 0 unspecified atom stereocenters. The molecule has 0 saturated heterocycles. The third-order valence-electron chi connectivity index (χ3n) is 1.10. The third kappa shape index (κ3) is 9.25. The van der Waals surface area contributed by atoms with Gasteiger partial charge in [-0.05, 0) is 23.9 Å². The molecule has 0 heterocycles. The van der Waals surface area contributed by atoms with E-state index in [4.69, 9.17) is 10.6 Å². The first-order valence-electron chi connectivity index (χ1n) is 3.84. The monoisotopic (exact) mass is 190 g/mol. The summed E-state index contributed by atoms with van der Waals surface area (Å²) in [5, 5.41) is 6.68. The van der Waals surface area contributed by atoms with Crippen molar-refractivity contribution in [2.75, 3.05) is 6.61 Å². The summed E-state index contributed by atoms with van der Waals surface area (Å²) < 4.78 is 0. The zero-order valence-corrected chi connectivity index (χ0v) is 7.93. The zero-order chi connectivity index (χ0) is 9.23. The van der Waals surface area contributed by atoms with E-state index in [0.29, 0.717) is 6.61 Å². The Morgan fingerprint density at radius 2 is 2.33 bits per heavy atom. The summed E-state index contributed by atoms with van der Waals surface area (Å²) in [7, 11) is 0. The van der Waals surface area contributed by atoms with Crippen LogP contribution in [-0.2, 0) is 4.84 Å². The lowest BCUT2D eigenvalue weighted by atomic mass is 10.3. The molecule has 0 aromatic rings. The minimum atomic E-state index is -0.0142. The molecule has 3 N–H and O–H groups in total. The fourth-order valence-corrected chi connectivity index (χ4v) is 0.609. The molecule has 0 atom stereocenters.